The summed E-state index contributed by atoms with van der Waals surface area (Å²) in [4.78, 5) is 77.0. The number of hydrogen-bond donors (Lipinski definition) is 1. The summed E-state index contributed by atoms with van der Waals surface area (Å²) in [5.74, 6) is -4.68. The molecule has 16 heteroatoms. The zero-order valence-corrected chi connectivity index (χ0v) is 24.8. The van der Waals surface area contributed by atoms with Crippen LogP contribution in [0.3, 0.4) is 0 Å². The molecule has 240 valence electrons. The number of ether oxygens (including phenoxy) is 5. The molecule has 0 aliphatic carbocycles. The SMILES string of the molecule is CC(=O)OC[C@H]1O[C@@H](n2c(O)c(C3=c4ccccc4=NC3=O)c3cc([N+](=O)[O-])ccc32)[C@H](OC(C)=O)[C@@H](OC(C)=O)[C@@H]1OC(C)=O. The van der Waals surface area contributed by atoms with Gasteiger partial charge in [-0.2, -0.15) is 0 Å². The van der Waals surface area contributed by atoms with E-state index in [2.05, 4.69) is 4.99 Å². The van der Waals surface area contributed by atoms with E-state index in [1.165, 1.54) is 6.07 Å². The van der Waals surface area contributed by atoms with Crippen molar-refractivity contribution in [3.63, 3.8) is 0 Å². The molecule has 0 spiro atoms. The largest absolute Gasteiger partial charge is 0.494 e. The van der Waals surface area contributed by atoms with Crippen LogP contribution in [0.5, 0.6) is 5.88 Å². The van der Waals surface area contributed by atoms with Gasteiger partial charge in [-0.05, 0) is 12.1 Å². The minimum Gasteiger partial charge on any atom is -0.494 e. The molecule has 1 amide bonds. The van der Waals surface area contributed by atoms with Gasteiger partial charge in [0, 0.05) is 50.4 Å². The number of aromatic hydroxyl groups is 1. The number of para-hydroxylation sites is 1. The number of esters is 4. The molecule has 1 saturated heterocycles. The summed E-state index contributed by atoms with van der Waals surface area (Å²) in [6, 6.07) is 10.1. The van der Waals surface area contributed by atoms with Crippen molar-refractivity contribution in [1.29, 1.82) is 0 Å². The number of rotatable bonds is 8. The zero-order chi connectivity index (χ0) is 33.4. The maximum Gasteiger partial charge on any atom is 0.303 e. The highest BCUT2D eigenvalue weighted by atomic mass is 16.7. The lowest BCUT2D eigenvalue weighted by Gasteiger charge is -2.45. The van der Waals surface area contributed by atoms with Crippen LogP contribution < -0.4 is 10.6 Å². The highest BCUT2D eigenvalue weighted by Crippen LogP contribution is 2.44. The van der Waals surface area contributed by atoms with Crippen molar-refractivity contribution < 1.29 is 57.7 Å². The number of amides is 1. The molecule has 1 fully saturated rings. The van der Waals surface area contributed by atoms with Crippen LogP contribution in [0.2, 0.25) is 0 Å². The molecule has 2 aliphatic rings. The van der Waals surface area contributed by atoms with Gasteiger partial charge in [0.2, 0.25) is 5.88 Å². The van der Waals surface area contributed by atoms with E-state index in [4.69, 9.17) is 23.7 Å². The topological polar surface area (TPSA) is 212 Å². The summed E-state index contributed by atoms with van der Waals surface area (Å²) >= 11 is 0. The number of benzene rings is 2. The molecule has 5 rings (SSSR count). The van der Waals surface area contributed by atoms with Crippen molar-refractivity contribution >= 4 is 51.9 Å². The summed E-state index contributed by atoms with van der Waals surface area (Å²) in [6.07, 6.45) is -7.63. The summed E-state index contributed by atoms with van der Waals surface area (Å²) < 4.78 is 28.9. The quantitative estimate of drug-likeness (QED) is 0.157. The molecular weight excluding hydrogens is 610 g/mol. The molecule has 5 atom stereocenters. The molecule has 0 bridgehead atoms. The van der Waals surface area contributed by atoms with E-state index in [1.54, 1.807) is 24.3 Å². The second-order valence-corrected chi connectivity index (χ2v) is 10.4. The molecule has 3 heterocycles. The van der Waals surface area contributed by atoms with E-state index < -0.39 is 77.8 Å². The van der Waals surface area contributed by atoms with Gasteiger partial charge in [0.15, 0.2) is 24.5 Å². The minimum absolute atomic E-state index is 0.0369. The maximum absolute atomic E-state index is 13.2. The van der Waals surface area contributed by atoms with Crippen molar-refractivity contribution in [3.05, 3.63) is 68.7 Å². The number of hydrogen-bond acceptors (Lipinski definition) is 13. The second-order valence-electron chi connectivity index (χ2n) is 10.4. The molecule has 1 aromatic heterocycles. The Hall–Kier alpha value is -5.64. The summed E-state index contributed by atoms with van der Waals surface area (Å²) in [6.45, 7) is 3.78. The van der Waals surface area contributed by atoms with Gasteiger partial charge < -0.3 is 28.8 Å². The van der Waals surface area contributed by atoms with Crippen molar-refractivity contribution in [1.82, 2.24) is 4.57 Å². The van der Waals surface area contributed by atoms with Crippen LogP contribution in [-0.2, 0) is 47.7 Å². The van der Waals surface area contributed by atoms with Crippen molar-refractivity contribution in [2.45, 2.75) is 58.3 Å². The highest BCUT2D eigenvalue weighted by molar-refractivity contribution is 6.25. The number of carbonyl (C=O) groups is 5. The van der Waals surface area contributed by atoms with Crippen molar-refractivity contribution in [2.24, 2.45) is 4.99 Å². The minimum atomic E-state index is -1.62. The average molecular weight is 638 g/mol. The molecule has 2 aromatic carbocycles. The zero-order valence-electron chi connectivity index (χ0n) is 24.8. The molecular formula is C30H27N3O13. The van der Waals surface area contributed by atoms with Gasteiger partial charge >= 0.3 is 23.9 Å². The fraction of sp³-hybridized carbons (Fsp3) is 0.333. The smallest absolute Gasteiger partial charge is 0.303 e. The summed E-state index contributed by atoms with van der Waals surface area (Å²) in [7, 11) is 0. The third-order valence-corrected chi connectivity index (χ3v) is 7.25. The van der Waals surface area contributed by atoms with Gasteiger partial charge in [-0.3, -0.25) is 38.7 Å². The van der Waals surface area contributed by atoms with E-state index in [-0.39, 0.29) is 27.7 Å². The highest BCUT2D eigenvalue weighted by Gasteiger charge is 2.54. The van der Waals surface area contributed by atoms with E-state index in [0.717, 1.165) is 44.4 Å². The lowest BCUT2D eigenvalue weighted by Crippen LogP contribution is -2.60. The van der Waals surface area contributed by atoms with Crippen LogP contribution in [0.4, 0.5) is 5.69 Å². The first-order valence-electron chi connectivity index (χ1n) is 13.8. The Morgan fingerprint density at radius 2 is 1.57 bits per heavy atom. The molecule has 16 nitrogen and oxygen atoms in total. The number of nitro benzene ring substituents is 1. The predicted molar refractivity (Wildman–Crippen MR) is 152 cm³/mol. The lowest BCUT2D eigenvalue weighted by molar-refractivity contribution is -0.384. The number of aromatic nitrogens is 1. The van der Waals surface area contributed by atoms with Gasteiger partial charge in [0.05, 0.1) is 26.9 Å². The Kier molecular flexibility index (Phi) is 8.56. The normalized spacial score (nSPS) is 22.0. The van der Waals surface area contributed by atoms with Gasteiger partial charge in [0.1, 0.15) is 12.7 Å². The summed E-state index contributed by atoms with van der Waals surface area (Å²) in [5.41, 5.74) is -0.499. The summed E-state index contributed by atoms with van der Waals surface area (Å²) in [5, 5.41) is 24.4. The molecule has 0 unspecified atom stereocenters. The predicted octanol–water partition coefficient (Wildman–Crippen LogP) is 0.869. The molecule has 3 aromatic rings. The van der Waals surface area contributed by atoms with Crippen molar-refractivity contribution in [2.75, 3.05) is 6.61 Å². The molecule has 2 aliphatic heterocycles. The van der Waals surface area contributed by atoms with E-state index in [1.807, 2.05) is 0 Å². The van der Waals surface area contributed by atoms with Crippen LogP contribution in [-0.4, -0.2) is 75.4 Å². The number of fused-ring (bicyclic) bond motifs is 2. The first kappa shape index (κ1) is 31.8. The first-order chi connectivity index (χ1) is 21.8. The van der Waals surface area contributed by atoms with Crippen LogP contribution in [0.25, 0.3) is 16.5 Å². The monoisotopic (exact) mass is 637 g/mol. The Balaban J connectivity index is 1.81. The van der Waals surface area contributed by atoms with Gasteiger partial charge in [-0.15, -0.1) is 0 Å². The third kappa shape index (κ3) is 5.89. The fourth-order valence-corrected chi connectivity index (χ4v) is 5.62. The van der Waals surface area contributed by atoms with Crippen LogP contribution in [0.1, 0.15) is 39.5 Å². The van der Waals surface area contributed by atoms with E-state index in [9.17, 15) is 39.2 Å². The average Bonchev–Trinajstić information content (AvgIpc) is 3.44. The molecule has 46 heavy (non-hydrogen) atoms. The van der Waals surface area contributed by atoms with E-state index >= 15 is 0 Å². The standard InChI is InChI=1S/C30H27N3O13/c1-13(34)42-12-22-25(43-14(2)35)26(44-15(3)36)27(45-16(4)37)30(46-22)32-21-10-9-17(33(40)41)11-19(21)24(29(32)39)23-18-7-5-6-8-20(18)31-28(23)38/h5-11,22,25-27,30,39H,12H2,1-4H3/t22-,25-,26+,27-,30-/m1/s1. The Morgan fingerprint density at radius 1 is 0.935 bits per heavy atom. The molecule has 0 saturated carbocycles. The van der Waals surface area contributed by atoms with E-state index in [0.29, 0.717) is 10.6 Å². The van der Waals surface area contributed by atoms with Gasteiger partial charge in [-0.1, -0.05) is 18.2 Å². The number of nitrogens with zero attached hydrogens (tertiary/aromatic N) is 3. The maximum atomic E-state index is 13.2. The van der Waals surface area contributed by atoms with Gasteiger partial charge in [0.25, 0.3) is 11.6 Å². The van der Waals surface area contributed by atoms with Crippen LogP contribution in [0.15, 0.2) is 47.5 Å². The van der Waals surface area contributed by atoms with Crippen LogP contribution in [0, 0.1) is 10.1 Å². The number of carbonyl (C=O) groups excluding carboxylic acids is 5. The van der Waals surface area contributed by atoms with Crippen LogP contribution >= 0.6 is 0 Å². The first-order valence-corrected chi connectivity index (χ1v) is 13.8. The Labute approximate surface area is 258 Å². The molecule has 0 radical (unpaired) electrons. The molecule has 1 N–H and O–H groups in total. The van der Waals surface area contributed by atoms with Crippen molar-refractivity contribution in [3.8, 4) is 5.88 Å². The second kappa shape index (κ2) is 12.4. The number of nitro groups is 1. The Bertz CT molecular complexity index is 1930. The Morgan fingerprint density at radius 3 is 2.20 bits per heavy atom. The number of non-ortho nitro benzene ring substituents is 1. The fourth-order valence-electron chi connectivity index (χ4n) is 5.62. The van der Waals surface area contributed by atoms with Gasteiger partial charge in [-0.25, -0.2) is 4.99 Å². The lowest BCUT2D eigenvalue weighted by atomic mass is 9.97. The third-order valence-electron chi connectivity index (χ3n) is 7.25.